The van der Waals surface area contributed by atoms with Gasteiger partial charge in [-0.2, -0.15) is 0 Å². The second-order valence-electron chi connectivity index (χ2n) is 4.57. The van der Waals surface area contributed by atoms with Gasteiger partial charge in [-0.3, -0.25) is 4.99 Å². The van der Waals surface area contributed by atoms with E-state index < -0.39 is 0 Å². The van der Waals surface area contributed by atoms with Crippen molar-refractivity contribution in [1.29, 1.82) is 0 Å². The Morgan fingerprint density at radius 1 is 1.63 bits per heavy atom. The molecule has 0 fully saturated rings. The zero-order valence-corrected chi connectivity index (χ0v) is 13.5. The minimum Gasteiger partial charge on any atom is -0.370 e. The van der Waals surface area contributed by atoms with E-state index in [9.17, 15) is 0 Å². The number of hydrogen-bond acceptors (Lipinski definition) is 3. The molecule has 2 rings (SSSR count). The van der Waals surface area contributed by atoms with E-state index in [4.69, 9.17) is 5.73 Å². The first-order chi connectivity index (χ1) is 8.70. The smallest absolute Gasteiger partial charge is 0.188 e. The van der Waals surface area contributed by atoms with Gasteiger partial charge in [-0.25, -0.2) is 0 Å². The van der Waals surface area contributed by atoms with Gasteiger partial charge in [0.25, 0.3) is 0 Å². The van der Waals surface area contributed by atoms with E-state index in [1.807, 2.05) is 6.92 Å². The van der Waals surface area contributed by atoms with Gasteiger partial charge >= 0.3 is 0 Å². The number of aryl methyl sites for hydroxylation is 2. The number of aliphatic imine (C=N–C) groups is 1. The minimum absolute atomic E-state index is 0. The molecule has 0 saturated heterocycles. The topological polar surface area (TPSA) is 81.1 Å². The van der Waals surface area contributed by atoms with Crippen molar-refractivity contribution >= 4 is 29.9 Å². The molecule has 1 aliphatic rings. The van der Waals surface area contributed by atoms with Crippen LogP contribution in [-0.4, -0.2) is 33.8 Å². The van der Waals surface area contributed by atoms with Crippen LogP contribution in [0.3, 0.4) is 0 Å². The maximum atomic E-state index is 5.74. The molecule has 3 N–H and O–H groups in total. The Morgan fingerprint density at radius 2 is 2.42 bits per heavy atom. The third-order valence-electron chi connectivity index (χ3n) is 3.18. The van der Waals surface area contributed by atoms with E-state index in [0.29, 0.717) is 18.4 Å². The van der Waals surface area contributed by atoms with Crippen LogP contribution in [0.25, 0.3) is 0 Å². The minimum atomic E-state index is 0. The second kappa shape index (κ2) is 7.46. The molecule has 1 aliphatic heterocycles. The fraction of sp³-hybridized carbons (Fsp3) is 0.583. The van der Waals surface area contributed by atoms with Gasteiger partial charge in [0.05, 0.1) is 0 Å². The Balaban J connectivity index is 0.00000180. The molecule has 1 unspecified atom stereocenters. The lowest BCUT2D eigenvalue weighted by Gasteiger charge is -2.22. The van der Waals surface area contributed by atoms with Crippen molar-refractivity contribution < 1.29 is 0 Å². The normalized spacial score (nSPS) is 18.4. The molecular weight excluding hydrogens is 355 g/mol. The molecule has 6 nitrogen and oxygen atoms in total. The number of halogens is 1. The number of nitrogens with one attached hydrogen (secondary N) is 1. The number of nitrogens with zero attached hydrogens (tertiary/aromatic N) is 4. The quantitative estimate of drug-likeness (QED) is 0.354. The predicted molar refractivity (Wildman–Crippen MR) is 86.7 cm³/mol. The summed E-state index contributed by atoms with van der Waals surface area (Å²) in [6, 6.07) is 0. The number of aromatic nitrogens is 3. The third-order valence-corrected chi connectivity index (χ3v) is 3.18. The summed E-state index contributed by atoms with van der Waals surface area (Å²) in [7, 11) is 0. The molecule has 0 amide bonds. The van der Waals surface area contributed by atoms with Crippen LogP contribution in [0.15, 0.2) is 17.6 Å². The highest BCUT2D eigenvalue weighted by Gasteiger charge is 2.21. The standard InChI is InChI=1S/C12H20N6.HI/c1-3-6-14-12(13)15-7-10-4-5-11-17-16-9(2)18(11)8-10;/h3,10H,1,4-8H2,2H3,(H3,13,14,15);1H. The van der Waals surface area contributed by atoms with Crippen molar-refractivity contribution in [1.82, 2.24) is 20.1 Å². The van der Waals surface area contributed by atoms with E-state index in [0.717, 1.165) is 37.6 Å². The lowest BCUT2D eigenvalue weighted by Crippen LogP contribution is -2.33. The molecule has 0 radical (unpaired) electrons. The second-order valence-corrected chi connectivity index (χ2v) is 4.57. The van der Waals surface area contributed by atoms with Crippen molar-refractivity contribution in [3.63, 3.8) is 0 Å². The molecule has 1 aromatic heterocycles. The summed E-state index contributed by atoms with van der Waals surface area (Å²) in [6.07, 6.45) is 3.83. The summed E-state index contributed by atoms with van der Waals surface area (Å²) in [5.41, 5.74) is 5.74. The van der Waals surface area contributed by atoms with Crippen LogP contribution in [-0.2, 0) is 13.0 Å². The Bertz CT molecular complexity index is 453. The van der Waals surface area contributed by atoms with E-state index in [1.54, 1.807) is 6.08 Å². The van der Waals surface area contributed by atoms with Crippen molar-refractivity contribution in [3.05, 3.63) is 24.3 Å². The van der Waals surface area contributed by atoms with Gasteiger partial charge < -0.3 is 15.6 Å². The molecule has 1 aromatic rings. The van der Waals surface area contributed by atoms with Crippen LogP contribution in [0.4, 0.5) is 0 Å². The van der Waals surface area contributed by atoms with E-state index >= 15 is 0 Å². The maximum absolute atomic E-state index is 5.74. The van der Waals surface area contributed by atoms with Crippen LogP contribution in [0, 0.1) is 12.8 Å². The molecule has 0 spiro atoms. The molecule has 0 aliphatic carbocycles. The van der Waals surface area contributed by atoms with Crippen molar-refractivity contribution in [2.24, 2.45) is 16.6 Å². The Kier molecular flexibility index (Phi) is 6.26. The fourth-order valence-corrected chi connectivity index (χ4v) is 2.14. The molecule has 106 valence electrons. The van der Waals surface area contributed by atoms with Crippen LogP contribution >= 0.6 is 24.0 Å². The van der Waals surface area contributed by atoms with Gasteiger partial charge in [0.2, 0.25) is 0 Å². The van der Waals surface area contributed by atoms with E-state index in [1.165, 1.54) is 0 Å². The third kappa shape index (κ3) is 4.19. The zero-order chi connectivity index (χ0) is 13.0. The molecule has 19 heavy (non-hydrogen) atoms. The largest absolute Gasteiger partial charge is 0.370 e. The molecule has 2 heterocycles. The summed E-state index contributed by atoms with van der Waals surface area (Å²) < 4.78 is 2.18. The number of fused-ring (bicyclic) bond motifs is 1. The average Bonchev–Trinajstić information content (AvgIpc) is 2.75. The van der Waals surface area contributed by atoms with Gasteiger partial charge in [0.1, 0.15) is 11.6 Å². The first-order valence-corrected chi connectivity index (χ1v) is 6.24. The average molecular weight is 376 g/mol. The lowest BCUT2D eigenvalue weighted by molar-refractivity contribution is 0.370. The van der Waals surface area contributed by atoms with Crippen LogP contribution < -0.4 is 11.1 Å². The molecule has 1 atom stereocenters. The summed E-state index contributed by atoms with van der Waals surface area (Å²) >= 11 is 0. The molecule has 0 bridgehead atoms. The zero-order valence-electron chi connectivity index (χ0n) is 11.2. The van der Waals surface area contributed by atoms with Crippen LogP contribution in [0.5, 0.6) is 0 Å². The van der Waals surface area contributed by atoms with Crippen LogP contribution in [0.2, 0.25) is 0 Å². The number of rotatable bonds is 4. The highest BCUT2D eigenvalue weighted by molar-refractivity contribution is 14.0. The number of hydrogen-bond donors (Lipinski definition) is 2. The van der Waals surface area contributed by atoms with Crippen molar-refractivity contribution in [2.45, 2.75) is 26.3 Å². The lowest BCUT2D eigenvalue weighted by atomic mass is 9.99. The first kappa shape index (κ1) is 15.9. The molecular formula is C12H21IN6. The Labute approximate surface area is 130 Å². The van der Waals surface area contributed by atoms with Crippen molar-refractivity contribution in [3.8, 4) is 0 Å². The Morgan fingerprint density at radius 3 is 3.16 bits per heavy atom. The summed E-state index contributed by atoms with van der Waals surface area (Å²) in [5, 5.41) is 11.2. The van der Waals surface area contributed by atoms with E-state index in [-0.39, 0.29) is 24.0 Å². The van der Waals surface area contributed by atoms with Gasteiger partial charge in [-0.1, -0.05) is 6.08 Å². The monoisotopic (exact) mass is 376 g/mol. The van der Waals surface area contributed by atoms with Gasteiger partial charge in [0, 0.05) is 26.1 Å². The predicted octanol–water partition coefficient (Wildman–Crippen LogP) is 0.857. The first-order valence-electron chi connectivity index (χ1n) is 6.24. The SMILES string of the molecule is C=CCNC(N)=NCC1CCc2nnc(C)n2C1.I. The number of nitrogens with two attached hydrogens (primary N) is 1. The van der Waals surface area contributed by atoms with Gasteiger partial charge in [-0.15, -0.1) is 40.8 Å². The molecule has 0 aromatic carbocycles. The van der Waals surface area contributed by atoms with Crippen LogP contribution in [0.1, 0.15) is 18.1 Å². The summed E-state index contributed by atoms with van der Waals surface area (Å²) in [6.45, 7) is 7.94. The molecule has 7 heteroatoms. The number of guanidine groups is 1. The highest BCUT2D eigenvalue weighted by Crippen LogP contribution is 2.19. The molecule has 0 saturated carbocycles. The highest BCUT2D eigenvalue weighted by atomic mass is 127. The van der Waals surface area contributed by atoms with Crippen molar-refractivity contribution in [2.75, 3.05) is 13.1 Å². The maximum Gasteiger partial charge on any atom is 0.188 e. The summed E-state index contributed by atoms with van der Waals surface area (Å²) in [5.74, 6) is 3.07. The van der Waals surface area contributed by atoms with E-state index in [2.05, 4.69) is 31.7 Å². The fourth-order valence-electron chi connectivity index (χ4n) is 2.14. The van der Waals surface area contributed by atoms with Gasteiger partial charge in [-0.05, 0) is 19.3 Å². The Hall–Kier alpha value is -1.12. The van der Waals surface area contributed by atoms with Gasteiger partial charge in [0.15, 0.2) is 5.96 Å². The summed E-state index contributed by atoms with van der Waals surface area (Å²) in [4.78, 5) is 4.35.